The fourth-order valence-electron chi connectivity index (χ4n) is 0.853. The summed E-state index contributed by atoms with van der Waals surface area (Å²) >= 11 is 0. The summed E-state index contributed by atoms with van der Waals surface area (Å²) in [5.74, 6) is -2.51. The summed E-state index contributed by atoms with van der Waals surface area (Å²) in [5.41, 5.74) is 0.687. The minimum Gasteiger partial charge on any atom is -0.542 e. The Labute approximate surface area is 98.1 Å². The molecule has 0 aromatic heterocycles. The predicted octanol–water partition coefficient (Wildman–Crippen LogP) is -3.45. The third-order valence-corrected chi connectivity index (χ3v) is 1.44. The van der Waals surface area contributed by atoms with Crippen LogP contribution >= 0.6 is 0 Å². The van der Waals surface area contributed by atoms with Crippen LogP contribution in [-0.4, -0.2) is 11.8 Å². The summed E-state index contributed by atoms with van der Waals surface area (Å²) in [6, 6.07) is 8.68. The van der Waals surface area contributed by atoms with Crippen molar-refractivity contribution in [2.45, 2.75) is 6.42 Å². The zero-order valence-corrected chi connectivity index (χ0v) is 9.32. The predicted molar refractivity (Wildman–Crippen MR) is 40.2 cm³/mol. The van der Waals surface area contributed by atoms with Crippen molar-refractivity contribution in [1.82, 2.24) is 0 Å². The fourth-order valence-corrected chi connectivity index (χ4v) is 0.853. The molecule has 0 aliphatic carbocycles. The summed E-state index contributed by atoms with van der Waals surface area (Å²) in [4.78, 5) is 20.7. The molecule has 0 atom stereocenters. The zero-order valence-electron chi connectivity index (χ0n) is 7.32. The smallest absolute Gasteiger partial charge is 0.542 e. The van der Waals surface area contributed by atoms with E-state index in [0.29, 0.717) is 5.56 Å². The number of carboxylic acid groups (broad SMARTS) is 1. The molecule has 3 nitrogen and oxygen atoms in total. The first kappa shape index (κ1) is 12.4. The van der Waals surface area contributed by atoms with Crippen molar-refractivity contribution >= 4 is 11.8 Å². The van der Waals surface area contributed by atoms with Gasteiger partial charge in [-0.2, -0.15) is 0 Å². The van der Waals surface area contributed by atoms with Crippen LogP contribution in [0.3, 0.4) is 0 Å². The van der Waals surface area contributed by atoms with Gasteiger partial charge in [0.25, 0.3) is 0 Å². The van der Waals surface area contributed by atoms with E-state index in [1.807, 2.05) is 0 Å². The number of ketones is 1. The molecular weight excluding hydrogens is 185 g/mol. The molecule has 0 unspecified atom stereocenters. The number of benzene rings is 1. The van der Waals surface area contributed by atoms with Gasteiger partial charge in [-0.3, -0.25) is 4.79 Å². The second-order valence-electron chi connectivity index (χ2n) is 2.37. The number of carbonyl (C=O) groups excluding carboxylic acids is 2. The molecule has 0 fully saturated rings. The summed E-state index contributed by atoms with van der Waals surface area (Å²) in [7, 11) is 0. The average Bonchev–Trinajstić information content (AvgIpc) is 2.06. The Morgan fingerprint density at radius 3 is 2.15 bits per heavy atom. The Hall–Kier alpha value is -0.640. The van der Waals surface area contributed by atoms with Crippen LogP contribution in [0, 0.1) is 0 Å². The third-order valence-electron chi connectivity index (χ3n) is 1.44. The van der Waals surface area contributed by atoms with Gasteiger partial charge in [-0.1, -0.05) is 30.3 Å². The van der Waals surface area contributed by atoms with E-state index in [1.165, 1.54) is 0 Å². The number of hydrogen-bond acceptors (Lipinski definition) is 3. The van der Waals surface area contributed by atoms with Gasteiger partial charge in [0.2, 0.25) is 0 Å². The Balaban J connectivity index is 0.00000144. The normalized spacial score (nSPS) is 8.62. The zero-order chi connectivity index (χ0) is 8.97. The molecule has 4 heteroatoms. The van der Waals surface area contributed by atoms with Crippen LogP contribution in [0.25, 0.3) is 0 Å². The van der Waals surface area contributed by atoms with Crippen LogP contribution in [0.15, 0.2) is 30.3 Å². The minimum atomic E-state index is -1.63. The van der Waals surface area contributed by atoms with E-state index >= 15 is 0 Å². The Morgan fingerprint density at radius 1 is 1.15 bits per heavy atom. The van der Waals surface area contributed by atoms with E-state index < -0.39 is 11.8 Å². The summed E-state index contributed by atoms with van der Waals surface area (Å²) < 4.78 is 0. The van der Waals surface area contributed by atoms with Crippen LogP contribution in [0.1, 0.15) is 5.56 Å². The maximum Gasteiger partial charge on any atom is 1.00 e. The summed E-state index contributed by atoms with van der Waals surface area (Å²) in [5, 5.41) is 10.0. The van der Waals surface area contributed by atoms with Crippen LogP contribution in [0.5, 0.6) is 0 Å². The SMILES string of the molecule is O=C([O-])C(=O)C[13c]1[13cH][13cH][13cH][13cH][13cH]1.[Na+]. The van der Waals surface area contributed by atoms with Gasteiger partial charge in [0.1, 0.15) is 5.97 Å². The summed E-state index contributed by atoms with van der Waals surface area (Å²) in [6.45, 7) is 0. The molecule has 0 bridgehead atoms. The van der Waals surface area contributed by atoms with Crippen LogP contribution < -0.4 is 34.7 Å². The Bertz CT molecular complexity index is 295. The molecule has 0 spiro atoms. The maximum atomic E-state index is 10.7. The molecule has 1 aromatic carbocycles. The molecule has 0 heterocycles. The van der Waals surface area contributed by atoms with Crippen molar-refractivity contribution in [3.63, 3.8) is 0 Å². The molecule has 62 valence electrons. The molecule has 0 amide bonds. The van der Waals surface area contributed by atoms with Crippen molar-refractivity contribution in [3.05, 3.63) is 35.9 Å². The molecule has 0 radical (unpaired) electrons. The Kier molecular flexibility index (Phi) is 5.62. The monoisotopic (exact) mass is 192 g/mol. The number of rotatable bonds is 3. The van der Waals surface area contributed by atoms with E-state index in [4.69, 9.17) is 0 Å². The van der Waals surface area contributed by atoms with Gasteiger partial charge < -0.3 is 9.90 Å². The first-order chi connectivity index (χ1) is 5.70. The molecule has 1 rings (SSSR count). The molecule has 1 aromatic rings. The molecule has 0 saturated carbocycles. The number of aliphatic carboxylic acids is 1. The minimum absolute atomic E-state index is 0. The fraction of sp³-hybridized carbons (Fsp3) is 0.111. The molecule has 0 aliphatic rings. The van der Waals surface area contributed by atoms with E-state index in [9.17, 15) is 14.7 Å². The van der Waals surface area contributed by atoms with Crippen molar-refractivity contribution < 1.29 is 44.3 Å². The molecule has 0 N–H and O–H groups in total. The molecule has 0 saturated heterocycles. The van der Waals surface area contributed by atoms with Crippen molar-refractivity contribution in [1.29, 1.82) is 0 Å². The largest absolute Gasteiger partial charge is 1.00 e. The Morgan fingerprint density at radius 2 is 1.69 bits per heavy atom. The van der Waals surface area contributed by atoms with Crippen LogP contribution in [0.4, 0.5) is 0 Å². The van der Waals surface area contributed by atoms with Gasteiger partial charge in [0.05, 0.1) is 0 Å². The van der Waals surface area contributed by atoms with Gasteiger partial charge in [-0.25, -0.2) is 0 Å². The van der Waals surface area contributed by atoms with E-state index in [0.717, 1.165) is 0 Å². The number of carbonyl (C=O) groups is 2. The van der Waals surface area contributed by atoms with Crippen LogP contribution in [-0.2, 0) is 16.0 Å². The topological polar surface area (TPSA) is 57.2 Å². The standard InChI is InChI=1S/C9H8O3.Na/c10-8(9(11)12)6-7-4-2-1-3-5-7;/h1-5H,6H2,(H,11,12);/q;+1/p-1/i1+1,2+1,3+1,4+1,5+1,7+1;. The average molecular weight is 192 g/mol. The van der Waals surface area contributed by atoms with Crippen LogP contribution in [0.2, 0.25) is 0 Å². The third kappa shape index (κ3) is 4.22. The second kappa shape index (κ2) is 5.91. The van der Waals surface area contributed by atoms with Crippen molar-refractivity contribution in [3.8, 4) is 0 Å². The van der Waals surface area contributed by atoms with E-state index in [1.54, 1.807) is 30.3 Å². The van der Waals surface area contributed by atoms with Gasteiger partial charge in [-0.05, 0) is 5.56 Å². The van der Waals surface area contributed by atoms with Gasteiger partial charge in [-0.15, -0.1) is 0 Å². The van der Waals surface area contributed by atoms with Gasteiger partial charge in [0.15, 0.2) is 5.78 Å². The van der Waals surface area contributed by atoms with Crippen molar-refractivity contribution in [2.75, 3.05) is 0 Å². The van der Waals surface area contributed by atoms with E-state index in [2.05, 4.69) is 0 Å². The quantitative estimate of drug-likeness (QED) is 0.369. The van der Waals surface area contributed by atoms with Gasteiger partial charge >= 0.3 is 29.6 Å². The van der Waals surface area contributed by atoms with Crippen molar-refractivity contribution in [2.24, 2.45) is 0 Å². The number of Topliss-reactive ketones (excluding diaryl/α,β-unsaturated/α-hetero) is 1. The number of carboxylic acids is 1. The van der Waals surface area contributed by atoms with Gasteiger partial charge in [0, 0.05) is 6.42 Å². The molecule has 0 aliphatic heterocycles. The number of hydrogen-bond donors (Lipinski definition) is 0. The molecule has 13 heavy (non-hydrogen) atoms. The van der Waals surface area contributed by atoms with E-state index in [-0.39, 0.29) is 36.0 Å². The molecular formula is C9H7NaO3. The first-order valence-electron chi connectivity index (χ1n) is 3.48. The maximum absolute atomic E-state index is 10.7. The first-order valence-corrected chi connectivity index (χ1v) is 3.48. The second-order valence-corrected chi connectivity index (χ2v) is 2.37. The summed E-state index contributed by atoms with van der Waals surface area (Å²) in [6.07, 6.45) is -0.0941.